The summed E-state index contributed by atoms with van der Waals surface area (Å²) in [4.78, 5) is 22.9. The standard InChI is InChI=1S/C13H25N3O3/c17-10-4-8-14-13(19)15-9-7-12(18)16-11-5-2-1-3-6-11/h11,17H,1-10H2,(H,16,18)(H2,14,15,19). The summed E-state index contributed by atoms with van der Waals surface area (Å²) in [5.41, 5.74) is 0. The number of aliphatic hydroxyl groups excluding tert-OH is 1. The number of urea groups is 1. The smallest absolute Gasteiger partial charge is 0.314 e. The van der Waals surface area contributed by atoms with Gasteiger partial charge in [-0.05, 0) is 19.3 Å². The summed E-state index contributed by atoms with van der Waals surface area (Å²) in [5.74, 6) is 0.00237. The molecule has 0 aromatic heterocycles. The van der Waals surface area contributed by atoms with Gasteiger partial charge in [0.15, 0.2) is 0 Å². The zero-order chi connectivity index (χ0) is 13.9. The van der Waals surface area contributed by atoms with Gasteiger partial charge in [-0.25, -0.2) is 4.79 Å². The second kappa shape index (κ2) is 9.61. The molecule has 1 saturated carbocycles. The van der Waals surface area contributed by atoms with E-state index in [1.54, 1.807) is 0 Å². The van der Waals surface area contributed by atoms with Gasteiger partial charge in [0.05, 0.1) is 0 Å². The van der Waals surface area contributed by atoms with Gasteiger partial charge < -0.3 is 21.1 Å². The summed E-state index contributed by atoms with van der Waals surface area (Å²) >= 11 is 0. The topological polar surface area (TPSA) is 90.5 Å². The number of aliphatic hydroxyl groups is 1. The van der Waals surface area contributed by atoms with Crippen LogP contribution in [-0.4, -0.2) is 42.8 Å². The molecule has 0 aromatic carbocycles. The lowest BCUT2D eigenvalue weighted by Gasteiger charge is -2.22. The van der Waals surface area contributed by atoms with Crippen molar-refractivity contribution in [3.05, 3.63) is 0 Å². The van der Waals surface area contributed by atoms with Crippen LogP contribution in [-0.2, 0) is 4.79 Å². The molecular formula is C13H25N3O3. The minimum Gasteiger partial charge on any atom is -0.396 e. The second-order valence-corrected chi connectivity index (χ2v) is 4.91. The fraction of sp³-hybridized carbons (Fsp3) is 0.846. The largest absolute Gasteiger partial charge is 0.396 e. The number of hydrogen-bond donors (Lipinski definition) is 4. The lowest BCUT2D eigenvalue weighted by Crippen LogP contribution is -2.40. The number of nitrogens with one attached hydrogen (secondary N) is 3. The first-order chi connectivity index (χ1) is 9.22. The third-order valence-corrected chi connectivity index (χ3v) is 3.23. The molecule has 0 atom stereocenters. The molecule has 4 N–H and O–H groups in total. The van der Waals surface area contributed by atoms with Crippen molar-refractivity contribution in [1.29, 1.82) is 0 Å². The summed E-state index contributed by atoms with van der Waals surface area (Å²) in [6, 6.07) is 0.0264. The van der Waals surface area contributed by atoms with Gasteiger partial charge in [0, 0.05) is 32.2 Å². The predicted molar refractivity (Wildman–Crippen MR) is 72.7 cm³/mol. The molecule has 0 heterocycles. The van der Waals surface area contributed by atoms with Gasteiger partial charge in [-0.2, -0.15) is 0 Å². The van der Waals surface area contributed by atoms with E-state index in [0.29, 0.717) is 32.0 Å². The van der Waals surface area contributed by atoms with E-state index in [0.717, 1.165) is 12.8 Å². The summed E-state index contributed by atoms with van der Waals surface area (Å²) in [6.07, 6.45) is 6.63. The Morgan fingerprint density at radius 3 is 2.42 bits per heavy atom. The van der Waals surface area contributed by atoms with Gasteiger partial charge in [0.2, 0.25) is 5.91 Å². The Morgan fingerprint density at radius 1 is 1.05 bits per heavy atom. The summed E-state index contributed by atoms with van der Waals surface area (Å²) in [5, 5.41) is 16.8. The van der Waals surface area contributed by atoms with Crippen molar-refractivity contribution < 1.29 is 14.7 Å². The van der Waals surface area contributed by atoms with E-state index in [1.807, 2.05) is 0 Å². The molecule has 6 nitrogen and oxygen atoms in total. The van der Waals surface area contributed by atoms with Crippen molar-refractivity contribution in [3.8, 4) is 0 Å². The molecule has 0 bridgehead atoms. The fourth-order valence-corrected chi connectivity index (χ4v) is 2.18. The number of rotatable bonds is 7. The van der Waals surface area contributed by atoms with E-state index >= 15 is 0 Å². The third kappa shape index (κ3) is 7.66. The molecule has 110 valence electrons. The van der Waals surface area contributed by atoms with Crippen molar-refractivity contribution in [2.75, 3.05) is 19.7 Å². The average Bonchev–Trinajstić information content (AvgIpc) is 2.40. The van der Waals surface area contributed by atoms with Crippen LogP contribution < -0.4 is 16.0 Å². The van der Waals surface area contributed by atoms with Crippen molar-refractivity contribution in [3.63, 3.8) is 0 Å². The van der Waals surface area contributed by atoms with E-state index < -0.39 is 0 Å². The fourth-order valence-electron chi connectivity index (χ4n) is 2.18. The molecule has 1 aliphatic carbocycles. The molecule has 19 heavy (non-hydrogen) atoms. The highest BCUT2D eigenvalue weighted by Gasteiger charge is 2.15. The van der Waals surface area contributed by atoms with Crippen LogP contribution in [0, 0.1) is 0 Å². The molecule has 0 spiro atoms. The van der Waals surface area contributed by atoms with E-state index in [1.165, 1.54) is 19.3 Å². The van der Waals surface area contributed by atoms with Crippen LogP contribution >= 0.6 is 0 Å². The maximum Gasteiger partial charge on any atom is 0.314 e. The Kier molecular flexibility index (Phi) is 7.97. The van der Waals surface area contributed by atoms with Crippen LogP contribution in [0.5, 0.6) is 0 Å². The van der Waals surface area contributed by atoms with Crippen LogP contribution in [0.3, 0.4) is 0 Å². The van der Waals surface area contributed by atoms with E-state index in [9.17, 15) is 9.59 Å². The van der Waals surface area contributed by atoms with Crippen LogP contribution in [0.2, 0.25) is 0 Å². The summed E-state index contributed by atoms with van der Waals surface area (Å²) in [7, 11) is 0. The predicted octanol–water partition coefficient (Wildman–Crippen LogP) is 0.507. The van der Waals surface area contributed by atoms with Gasteiger partial charge in [-0.1, -0.05) is 19.3 Å². The van der Waals surface area contributed by atoms with E-state index in [2.05, 4.69) is 16.0 Å². The van der Waals surface area contributed by atoms with Gasteiger partial charge in [0.1, 0.15) is 0 Å². The first kappa shape index (κ1) is 15.8. The lowest BCUT2D eigenvalue weighted by atomic mass is 9.95. The maximum atomic E-state index is 11.6. The van der Waals surface area contributed by atoms with Crippen LogP contribution in [0.4, 0.5) is 4.79 Å². The van der Waals surface area contributed by atoms with E-state index in [-0.39, 0.29) is 18.5 Å². The van der Waals surface area contributed by atoms with Gasteiger partial charge >= 0.3 is 6.03 Å². The highest BCUT2D eigenvalue weighted by molar-refractivity contribution is 5.78. The Balaban J connectivity index is 2.01. The molecule has 0 unspecified atom stereocenters. The second-order valence-electron chi connectivity index (χ2n) is 4.91. The Bertz CT molecular complexity index is 278. The Morgan fingerprint density at radius 2 is 1.74 bits per heavy atom. The van der Waals surface area contributed by atoms with Crippen molar-refractivity contribution in [2.24, 2.45) is 0 Å². The quantitative estimate of drug-likeness (QED) is 0.508. The molecule has 0 saturated heterocycles. The van der Waals surface area contributed by atoms with Gasteiger partial charge in [0.25, 0.3) is 0 Å². The normalized spacial score (nSPS) is 15.8. The molecule has 0 aliphatic heterocycles. The number of amides is 3. The minimum atomic E-state index is -0.293. The molecule has 3 amide bonds. The maximum absolute atomic E-state index is 11.6. The SMILES string of the molecule is O=C(CCNC(=O)NCCCO)NC1CCCCC1. The van der Waals surface area contributed by atoms with Crippen molar-refractivity contribution >= 4 is 11.9 Å². The number of hydrogen-bond acceptors (Lipinski definition) is 3. The highest BCUT2D eigenvalue weighted by atomic mass is 16.3. The zero-order valence-electron chi connectivity index (χ0n) is 11.4. The van der Waals surface area contributed by atoms with Crippen molar-refractivity contribution in [1.82, 2.24) is 16.0 Å². The molecule has 1 fully saturated rings. The number of carbonyl (C=O) groups is 2. The first-order valence-corrected chi connectivity index (χ1v) is 7.14. The van der Waals surface area contributed by atoms with Gasteiger partial charge in [-0.3, -0.25) is 4.79 Å². The molecule has 1 rings (SSSR count). The molecular weight excluding hydrogens is 246 g/mol. The Hall–Kier alpha value is -1.30. The summed E-state index contributed by atoms with van der Waals surface area (Å²) in [6.45, 7) is 0.837. The van der Waals surface area contributed by atoms with Gasteiger partial charge in [-0.15, -0.1) is 0 Å². The molecule has 6 heteroatoms. The summed E-state index contributed by atoms with van der Waals surface area (Å²) < 4.78 is 0. The molecule has 0 radical (unpaired) electrons. The first-order valence-electron chi connectivity index (χ1n) is 7.14. The van der Waals surface area contributed by atoms with Crippen molar-refractivity contribution in [2.45, 2.75) is 51.0 Å². The highest BCUT2D eigenvalue weighted by Crippen LogP contribution is 2.17. The minimum absolute atomic E-state index is 0.00237. The molecule has 1 aliphatic rings. The molecule has 0 aromatic rings. The van der Waals surface area contributed by atoms with Crippen LogP contribution in [0.1, 0.15) is 44.9 Å². The zero-order valence-corrected chi connectivity index (χ0v) is 11.4. The van der Waals surface area contributed by atoms with Crippen LogP contribution in [0.15, 0.2) is 0 Å². The van der Waals surface area contributed by atoms with Crippen LogP contribution in [0.25, 0.3) is 0 Å². The monoisotopic (exact) mass is 271 g/mol. The lowest BCUT2D eigenvalue weighted by molar-refractivity contribution is -0.121. The Labute approximate surface area is 114 Å². The average molecular weight is 271 g/mol. The third-order valence-electron chi connectivity index (χ3n) is 3.23. The number of carbonyl (C=O) groups excluding carboxylic acids is 2. The van der Waals surface area contributed by atoms with E-state index in [4.69, 9.17) is 5.11 Å².